The van der Waals surface area contributed by atoms with Gasteiger partial charge in [0.05, 0.1) is 19.4 Å². The Bertz CT molecular complexity index is 860. The lowest BCUT2D eigenvalue weighted by Crippen LogP contribution is -2.07. The van der Waals surface area contributed by atoms with Gasteiger partial charge in [-0.05, 0) is 55.5 Å². The smallest absolute Gasteiger partial charge is 0.306 e. The number of carboxylic acids is 1. The predicted octanol–water partition coefficient (Wildman–Crippen LogP) is 5.25. The van der Waals surface area contributed by atoms with Crippen LogP contribution >= 0.6 is 23.2 Å². The van der Waals surface area contributed by atoms with E-state index >= 15 is 0 Å². The molecular formula is C22H22Cl2O6. The number of carbonyl (C=O) groups is 4. The highest BCUT2D eigenvalue weighted by molar-refractivity contribution is 6.31. The summed E-state index contributed by atoms with van der Waals surface area (Å²) in [4.78, 5) is 44.2. The molecule has 1 N–H and O–H groups in total. The molecule has 30 heavy (non-hydrogen) atoms. The van der Waals surface area contributed by atoms with Gasteiger partial charge in [0.15, 0.2) is 11.6 Å². The summed E-state index contributed by atoms with van der Waals surface area (Å²) in [6, 6.07) is 13.0. The molecular weight excluding hydrogens is 431 g/mol. The van der Waals surface area contributed by atoms with E-state index in [0.717, 1.165) is 0 Å². The normalized spacial score (nSPS) is 9.83. The zero-order chi connectivity index (χ0) is 22.5. The van der Waals surface area contributed by atoms with Crippen molar-refractivity contribution < 1.29 is 29.0 Å². The van der Waals surface area contributed by atoms with Crippen molar-refractivity contribution in [2.45, 2.75) is 32.6 Å². The molecule has 0 heterocycles. The average Bonchev–Trinajstić information content (AvgIpc) is 2.72. The third-order valence-corrected chi connectivity index (χ3v) is 4.26. The van der Waals surface area contributed by atoms with Gasteiger partial charge in [-0.25, -0.2) is 0 Å². The minimum atomic E-state index is -0.965. The minimum absolute atomic E-state index is 0.0248. The maximum absolute atomic E-state index is 11.6. The van der Waals surface area contributed by atoms with Crippen molar-refractivity contribution in [2.75, 3.05) is 6.61 Å². The summed E-state index contributed by atoms with van der Waals surface area (Å²) in [5.41, 5.74) is 1.06. The number of hydrogen-bond donors (Lipinski definition) is 1. The van der Waals surface area contributed by atoms with Gasteiger partial charge >= 0.3 is 11.9 Å². The molecule has 0 aliphatic rings. The fourth-order valence-electron chi connectivity index (χ4n) is 2.23. The lowest BCUT2D eigenvalue weighted by molar-refractivity contribution is -0.143. The Kier molecular flexibility index (Phi) is 11.4. The number of rotatable bonds is 9. The van der Waals surface area contributed by atoms with Gasteiger partial charge in [0.1, 0.15) is 0 Å². The van der Waals surface area contributed by atoms with Gasteiger partial charge < -0.3 is 9.84 Å². The van der Waals surface area contributed by atoms with Crippen LogP contribution in [-0.4, -0.2) is 35.2 Å². The summed E-state index contributed by atoms with van der Waals surface area (Å²) >= 11 is 11.3. The molecule has 0 saturated heterocycles. The Hall–Kier alpha value is -2.70. The molecule has 0 fully saturated rings. The SMILES string of the molecule is CCOC(=O)CCC(=O)c1ccc(Cl)cc1.O=C(O)CCC(=O)c1ccc(Cl)cc1. The Balaban J connectivity index is 0.000000303. The van der Waals surface area contributed by atoms with Crippen LogP contribution in [0.2, 0.25) is 10.0 Å². The molecule has 0 spiro atoms. The zero-order valence-electron chi connectivity index (χ0n) is 16.4. The number of Topliss-reactive ketones (excluding diaryl/α,β-unsaturated/α-hetero) is 2. The fraction of sp³-hybridized carbons (Fsp3) is 0.273. The first-order chi connectivity index (χ1) is 14.2. The average molecular weight is 453 g/mol. The maximum atomic E-state index is 11.6. The van der Waals surface area contributed by atoms with Crippen molar-refractivity contribution in [3.8, 4) is 0 Å². The molecule has 160 valence electrons. The van der Waals surface area contributed by atoms with Gasteiger partial charge in [0, 0.05) is 34.0 Å². The van der Waals surface area contributed by atoms with E-state index in [2.05, 4.69) is 0 Å². The Morgan fingerprint density at radius 3 is 1.50 bits per heavy atom. The topological polar surface area (TPSA) is 97.7 Å². The number of carbonyl (C=O) groups excluding carboxylic acids is 3. The van der Waals surface area contributed by atoms with Crippen molar-refractivity contribution in [3.05, 3.63) is 69.7 Å². The van der Waals surface area contributed by atoms with Crippen LogP contribution < -0.4 is 0 Å². The molecule has 2 aromatic carbocycles. The highest BCUT2D eigenvalue weighted by Crippen LogP contribution is 2.13. The van der Waals surface area contributed by atoms with Crippen LogP contribution in [0.25, 0.3) is 0 Å². The second-order valence-electron chi connectivity index (χ2n) is 6.06. The molecule has 0 atom stereocenters. The summed E-state index contributed by atoms with van der Waals surface area (Å²) in [7, 11) is 0. The van der Waals surface area contributed by atoms with E-state index in [1.165, 1.54) is 0 Å². The number of ether oxygens (including phenoxy) is 1. The number of carboxylic acid groups (broad SMARTS) is 1. The number of hydrogen-bond acceptors (Lipinski definition) is 5. The maximum Gasteiger partial charge on any atom is 0.306 e. The lowest BCUT2D eigenvalue weighted by atomic mass is 10.1. The first-order valence-electron chi connectivity index (χ1n) is 9.17. The highest BCUT2D eigenvalue weighted by Gasteiger charge is 2.09. The van der Waals surface area contributed by atoms with Crippen LogP contribution in [0.15, 0.2) is 48.5 Å². The van der Waals surface area contributed by atoms with Crippen LogP contribution in [0.3, 0.4) is 0 Å². The molecule has 0 unspecified atom stereocenters. The minimum Gasteiger partial charge on any atom is -0.481 e. The van der Waals surface area contributed by atoms with Crippen molar-refractivity contribution in [1.82, 2.24) is 0 Å². The molecule has 0 aliphatic heterocycles. The van der Waals surface area contributed by atoms with Gasteiger partial charge in [-0.2, -0.15) is 0 Å². The Labute approximate surface area is 184 Å². The number of aliphatic carboxylic acids is 1. The van der Waals surface area contributed by atoms with E-state index in [-0.39, 0.29) is 43.2 Å². The second-order valence-corrected chi connectivity index (χ2v) is 6.93. The molecule has 0 aliphatic carbocycles. The zero-order valence-corrected chi connectivity index (χ0v) is 17.9. The van der Waals surface area contributed by atoms with E-state index in [0.29, 0.717) is 27.8 Å². The van der Waals surface area contributed by atoms with E-state index in [9.17, 15) is 19.2 Å². The first kappa shape index (κ1) is 25.3. The van der Waals surface area contributed by atoms with E-state index in [1.807, 2.05) is 0 Å². The van der Waals surface area contributed by atoms with Crippen LogP contribution in [0.4, 0.5) is 0 Å². The van der Waals surface area contributed by atoms with Crippen LogP contribution in [-0.2, 0) is 14.3 Å². The largest absolute Gasteiger partial charge is 0.481 e. The molecule has 8 heteroatoms. The summed E-state index contributed by atoms with van der Waals surface area (Å²) in [6.45, 7) is 2.08. The van der Waals surface area contributed by atoms with E-state index in [1.54, 1.807) is 55.5 Å². The third-order valence-electron chi connectivity index (χ3n) is 3.76. The van der Waals surface area contributed by atoms with E-state index in [4.69, 9.17) is 33.0 Å². The number of ketones is 2. The van der Waals surface area contributed by atoms with Crippen molar-refractivity contribution in [1.29, 1.82) is 0 Å². The van der Waals surface area contributed by atoms with Crippen molar-refractivity contribution in [3.63, 3.8) is 0 Å². The lowest BCUT2D eigenvalue weighted by Gasteiger charge is -2.01. The van der Waals surface area contributed by atoms with Crippen molar-refractivity contribution in [2.24, 2.45) is 0 Å². The summed E-state index contributed by atoms with van der Waals surface area (Å²) < 4.78 is 4.73. The third kappa shape index (κ3) is 10.2. The predicted molar refractivity (Wildman–Crippen MR) is 114 cm³/mol. The molecule has 0 radical (unpaired) electrons. The Morgan fingerprint density at radius 2 is 1.13 bits per heavy atom. The molecule has 0 aromatic heterocycles. The second kappa shape index (κ2) is 13.5. The van der Waals surface area contributed by atoms with Gasteiger partial charge in [0.2, 0.25) is 0 Å². The molecule has 2 aromatic rings. The van der Waals surface area contributed by atoms with Crippen LogP contribution in [0.5, 0.6) is 0 Å². The van der Waals surface area contributed by atoms with Gasteiger partial charge in [-0.3, -0.25) is 19.2 Å². The molecule has 2 rings (SSSR count). The molecule has 0 amide bonds. The van der Waals surface area contributed by atoms with Crippen molar-refractivity contribution >= 4 is 46.7 Å². The molecule has 6 nitrogen and oxygen atoms in total. The summed E-state index contributed by atoms with van der Waals surface area (Å²) in [6.07, 6.45) is 0.175. The Morgan fingerprint density at radius 1 is 0.733 bits per heavy atom. The van der Waals surface area contributed by atoms with Gasteiger partial charge in [-0.15, -0.1) is 0 Å². The summed E-state index contributed by atoms with van der Waals surface area (Å²) in [5, 5.41) is 9.52. The highest BCUT2D eigenvalue weighted by atomic mass is 35.5. The number of esters is 1. The monoisotopic (exact) mass is 452 g/mol. The van der Waals surface area contributed by atoms with E-state index < -0.39 is 5.97 Å². The molecule has 0 saturated carbocycles. The van der Waals surface area contributed by atoms with Gasteiger partial charge in [-0.1, -0.05) is 23.2 Å². The first-order valence-corrected chi connectivity index (χ1v) is 9.93. The quantitative estimate of drug-likeness (QED) is 0.411. The number of benzene rings is 2. The fourth-order valence-corrected chi connectivity index (χ4v) is 2.48. The summed E-state index contributed by atoms with van der Waals surface area (Å²) in [5.74, 6) is -1.56. The van der Waals surface area contributed by atoms with Gasteiger partial charge in [0.25, 0.3) is 0 Å². The van der Waals surface area contributed by atoms with Crippen LogP contribution in [0.1, 0.15) is 53.3 Å². The molecule has 0 bridgehead atoms. The number of halogens is 2. The van der Waals surface area contributed by atoms with Crippen LogP contribution in [0, 0.1) is 0 Å². The standard InChI is InChI=1S/C12H13ClO3.C10H9ClO3/c1-2-16-12(15)8-7-11(14)9-3-5-10(13)6-4-9;11-8-3-1-7(2-4-8)9(12)5-6-10(13)14/h3-6H,2,7-8H2,1H3;1-4H,5-6H2,(H,13,14).